The molecule has 4 atom stereocenters. The van der Waals surface area contributed by atoms with E-state index in [1.807, 2.05) is 12.1 Å². The van der Waals surface area contributed by atoms with Gasteiger partial charge in [0.2, 0.25) is 23.6 Å². The molecule has 494 valence electrons. The molecule has 23 nitrogen and oxygen atoms in total. The van der Waals surface area contributed by atoms with Crippen molar-refractivity contribution in [1.29, 1.82) is 0 Å². The minimum absolute atomic E-state index is 0.000817. The second kappa shape index (κ2) is 45.9. The SMILES string of the molecule is CC(C)(C)CC[C@H](NC(=O)N[C@@H](CCC(=O)NCCCCCCCC(=O)N[C@@H](CCCCNC(=O)OC(C)(C)C)C(=O)N[C@@H](CCCCNC(=O)CCCc1ccc(I)cc1)C(=O)C(=O)OC(C)(C)C)C(C)(C)C)C(C)(C)C.O=C=O.O=C=O.O=C=O. The third kappa shape index (κ3) is 50.4. The van der Waals surface area contributed by atoms with Gasteiger partial charge in [0.1, 0.15) is 17.2 Å². The predicted molar refractivity (Wildman–Crippen MR) is 334 cm³/mol. The topological polar surface area (TPSA) is 342 Å². The number of alkyl carbamates (subject to hydrolysis) is 1. The van der Waals surface area contributed by atoms with Crippen LogP contribution in [0.25, 0.3) is 0 Å². The maximum Gasteiger partial charge on any atom is 0.407 e. The van der Waals surface area contributed by atoms with Crippen LogP contribution in [0.1, 0.15) is 225 Å². The number of carbonyl (C=O) groups excluding carboxylic acids is 14. The summed E-state index contributed by atoms with van der Waals surface area (Å²) in [6.45, 7) is 30.6. The molecule has 24 heteroatoms. The van der Waals surface area contributed by atoms with Crippen LogP contribution in [-0.2, 0) is 73.4 Å². The first kappa shape index (κ1) is 84.9. The first-order chi connectivity index (χ1) is 40.3. The van der Waals surface area contributed by atoms with E-state index in [1.54, 1.807) is 41.5 Å². The monoisotopic (exact) mass is 1340 g/mol. The number of ketones is 1. The molecular formula is C63H104IN7O16. The normalized spacial score (nSPS) is 12.6. The number of ether oxygens (including phenoxy) is 2. The Bertz CT molecular complexity index is 2290. The van der Waals surface area contributed by atoms with Crippen LogP contribution in [0.15, 0.2) is 24.3 Å². The minimum atomic E-state index is -1.24. The molecule has 0 aromatic heterocycles. The van der Waals surface area contributed by atoms with Crippen molar-refractivity contribution in [1.82, 2.24) is 37.2 Å². The lowest BCUT2D eigenvalue weighted by Gasteiger charge is -2.36. The van der Waals surface area contributed by atoms with Gasteiger partial charge in [-0.15, -0.1) is 0 Å². The predicted octanol–water partition coefficient (Wildman–Crippen LogP) is 8.92. The summed E-state index contributed by atoms with van der Waals surface area (Å²) < 4.78 is 11.8. The number of hydrogen-bond donors (Lipinski definition) is 7. The zero-order chi connectivity index (χ0) is 67.5. The van der Waals surface area contributed by atoms with Crippen molar-refractivity contribution < 1.29 is 76.6 Å². The van der Waals surface area contributed by atoms with Gasteiger partial charge in [-0.3, -0.25) is 24.0 Å². The molecule has 0 saturated heterocycles. The van der Waals surface area contributed by atoms with E-state index in [0.29, 0.717) is 64.5 Å². The van der Waals surface area contributed by atoms with Crippen molar-refractivity contribution in [3.05, 3.63) is 33.4 Å². The van der Waals surface area contributed by atoms with Gasteiger partial charge < -0.3 is 46.7 Å². The van der Waals surface area contributed by atoms with E-state index in [1.165, 1.54) is 5.56 Å². The van der Waals surface area contributed by atoms with E-state index in [0.717, 1.165) is 48.5 Å². The Hall–Kier alpha value is -6.35. The third-order valence-electron chi connectivity index (χ3n) is 12.9. The molecule has 0 unspecified atom stereocenters. The van der Waals surface area contributed by atoms with Gasteiger partial charge in [0, 0.05) is 54.6 Å². The maximum absolute atomic E-state index is 14.0. The smallest absolute Gasteiger partial charge is 0.407 e. The van der Waals surface area contributed by atoms with E-state index < -0.39 is 47.0 Å². The molecule has 0 spiro atoms. The van der Waals surface area contributed by atoms with Gasteiger partial charge in [-0.2, -0.15) is 28.8 Å². The second-order valence-electron chi connectivity index (χ2n) is 26.5. The number of hydrogen-bond acceptors (Lipinski definition) is 16. The zero-order valence-electron chi connectivity index (χ0n) is 54.6. The van der Waals surface area contributed by atoms with Crippen LogP contribution in [0.3, 0.4) is 0 Å². The zero-order valence-corrected chi connectivity index (χ0v) is 56.7. The van der Waals surface area contributed by atoms with Crippen LogP contribution >= 0.6 is 22.6 Å². The molecule has 7 N–H and O–H groups in total. The number of benzene rings is 1. The number of urea groups is 1. The van der Waals surface area contributed by atoms with Gasteiger partial charge in [-0.05, 0) is 182 Å². The highest BCUT2D eigenvalue weighted by atomic mass is 127. The number of halogens is 1. The van der Waals surface area contributed by atoms with Crippen molar-refractivity contribution in [3.63, 3.8) is 0 Å². The van der Waals surface area contributed by atoms with Gasteiger partial charge in [0.15, 0.2) is 0 Å². The summed E-state index contributed by atoms with van der Waals surface area (Å²) in [4.78, 5) is 154. The van der Waals surface area contributed by atoms with Crippen molar-refractivity contribution in [2.75, 3.05) is 19.6 Å². The van der Waals surface area contributed by atoms with Crippen molar-refractivity contribution >= 4 is 88.6 Å². The first-order valence-electron chi connectivity index (χ1n) is 30.0. The summed E-state index contributed by atoms with van der Waals surface area (Å²) in [7, 11) is 0. The lowest BCUT2D eigenvalue weighted by molar-refractivity contribution is -0.193. The van der Waals surface area contributed by atoms with E-state index in [2.05, 4.69) is 134 Å². The molecule has 0 fully saturated rings. The molecule has 7 amide bonds. The van der Waals surface area contributed by atoms with Crippen molar-refractivity contribution in [3.8, 4) is 0 Å². The van der Waals surface area contributed by atoms with E-state index in [9.17, 15) is 38.4 Å². The summed E-state index contributed by atoms with van der Waals surface area (Å²) in [6, 6.07) is 5.49. The fraction of sp³-hybridized carbons (Fsp3) is 0.730. The first-order valence-corrected chi connectivity index (χ1v) is 31.0. The Kier molecular flexibility index (Phi) is 44.7. The number of unbranched alkanes of at least 4 members (excludes halogenated alkanes) is 6. The quantitative estimate of drug-likeness (QED) is 0.0146. The number of esters is 1. The van der Waals surface area contributed by atoms with Gasteiger partial charge in [-0.25, -0.2) is 14.4 Å². The summed E-state index contributed by atoms with van der Waals surface area (Å²) in [5.74, 6) is -3.11. The number of rotatable bonds is 34. The molecule has 1 rings (SSSR count). The molecule has 0 saturated carbocycles. The average molecular weight is 1340 g/mol. The Balaban J connectivity index is -0.00000734. The molecular weight excluding hydrogens is 1240 g/mol. The molecule has 0 bridgehead atoms. The molecule has 0 aliphatic rings. The van der Waals surface area contributed by atoms with Crippen LogP contribution in [0.2, 0.25) is 0 Å². The fourth-order valence-electron chi connectivity index (χ4n) is 8.33. The van der Waals surface area contributed by atoms with Gasteiger partial charge in [-0.1, -0.05) is 93.7 Å². The fourth-order valence-corrected chi connectivity index (χ4v) is 8.69. The number of Topliss-reactive ketones (excluding diaryl/α,β-unsaturated/α-hetero) is 1. The van der Waals surface area contributed by atoms with Crippen LogP contribution in [0.5, 0.6) is 0 Å². The summed E-state index contributed by atoms with van der Waals surface area (Å²) >= 11 is 2.25. The molecule has 0 aliphatic heterocycles. The Morgan fingerprint density at radius 2 is 0.885 bits per heavy atom. The minimum Gasteiger partial charge on any atom is -0.454 e. The second-order valence-corrected chi connectivity index (χ2v) is 27.8. The lowest BCUT2D eigenvalue weighted by atomic mass is 9.79. The molecule has 87 heavy (non-hydrogen) atoms. The molecule has 0 aliphatic carbocycles. The highest BCUT2D eigenvalue weighted by molar-refractivity contribution is 14.1. The van der Waals surface area contributed by atoms with E-state index in [4.69, 9.17) is 38.2 Å². The Morgan fingerprint density at radius 3 is 1.37 bits per heavy atom. The van der Waals surface area contributed by atoms with Crippen LogP contribution < -0.4 is 37.2 Å². The van der Waals surface area contributed by atoms with E-state index in [-0.39, 0.29) is 103 Å². The molecule has 1 aromatic carbocycles. The van der Waals surface area contributed by atoms with Crippen molar-refractivity contribution in [2.24, 2.45) is 16.2 Å². The standard InChI is InChI=1S/C60H104IN7O10.3CO2/c1-56(2,3)38-37-47(58(7,8)9)68-54(75)67-46(57(4,5)6)35-36-49(70)63-39-22-18-16-17-19-29-50(71)65-45(28-21-24-41-64-55(76)78-60(13,14)15)52(73)66-44(51(72)53(74)77-59(10,11)12)27-20-23-40-62-48(69)30-25-26-42-31-33-43(61)34-32-42;3*2-1-3/h31-34,44-47H,16-30,35-41H2,1-15H3,(H,62,69)(H,63,70)(H,64,76)(H,65,71)(H,66,73)(H2,67,68,75);;;/t44-,45-,46-,47-;;;/m0.../s1. The third-order valence-corrected chi connectivity index (χ3v) is 13.7. The van der Waals surface area contributed by atoms with Crippen LogP contribution in [0, 0.1) is 19.8 Å². The van der Waals surface area contributed by atoms with Crippen LogP contribution in [0.4, 0.5) is 9.59 Å². The largest absolute Gasteiger partial charge is 0.454 e. The Morgan fingerprint density at radius 1 is 0.460 bits per heavy atom. The molecule has 1 aromatic rings. The van der Waals surface area contributed by atoms with E-state index >= 15 is 0 Å². The average Bonchev–Trinajstić information content (AvgIpc) is 3.57. The van der Waals surface area contributed by atoms with Gasteiger partial charge in [0.05, 0.1) is 6.04 Å². The number of carbonyl (C=O) groups is 8. The van der Waals surface area contributed by atoms with Crippen molar-refractivity contribution in [2.45, 2.75) is 261 Å². The van der Waals surface area contributed by atoms with Gasteiger partial charge >= 0.3 is 36.5 Å². The van der Waals surface area contributed by atoms with Gasteiger partial charge in [0.25, 0.3) is 5.78 Å². The maximum atomic E-state index is 14.0. The molecule has 0 heterocycles. The highest BCUT2D eigenvalue weighted by Gasteiger charge is 2.34. The highest BCUT2D eigenvalue weighted by Crippen LogP contribution is 2.29. The Labute approximate surface area is 530 Å². The number of nitrogens with one attached hydrogen (secondary N) is 7. The molecule has 0 radical (unpaired) electrons. The summed E-state index contributed by atoms with van der Waals surface area (Å²) in [6.07, 6.45) is 10.7. The summed E-state index contributed by atoms with van der Waals surface area (Å²) in [5.41, 5.74) is -0.670. The summed E-state index contributed by atoms with van der Waals surface area (Å²) in [5, 5.41) is 20.6. The lowest BCUT2D eigenvalue weighted by Crippen LogP contribution is -2.53. The van der Waals surface area contributed by atoms with Crippen LogP contribution in [-0.4, -0.2) is 121 Å². The number of amides is 7. The number of aryl methyl sites for hydroxylation is 1.